The SMILES string of the molecule is Cc1ccc(-c2nn([C@H]3O[C@@H](CO)[C@@H](O)[C@H]3O)c(=S)o2)cc1. The van der Waals surface area contributed by atoms with E-state index in [1.54, 1.807) is 0 Å². The zero-order valence-electron chi connectivity index (χ0n) is 11.8. The number of nitrogens with zero attached hydrogens (tertiary/aromatic N) is 2. The monoisotopic (exact) mass is 324 g/mol. The Balaban J connectivity index is 1.93. The van der Waals surface area contributed by atoms with Gasteiger partial charge in [0.1, 0.15) is 18.3 Å². The second kappa shape index (κ2) is 5.90. The highest BCUT2D eigenvalue weighted by Crippen LogP contribution is 2.30. The number of aryl methyl sites for hydroxylation is 1. The Bertz CT molecular complexity index is 711. The van der Waals surface area contributed by atoms with Crippen molar-refractivity contribution >= 4 is 12.2 Å². The van der Waals surface area contributed by atoms with Crippen LogP contribution in [0.4, 0.5) is 0 Å². The number of hydrogen-bond donors (Lipinski definition) is 3. The molecule has 1 aliphatic rings. The molecule has 0 unspecified atom stereocenters. The first kappa shape index (κ1) is 15.3. The molecule has 1 fully saturated rings. The van der Waals surface area contributed by atoms with Crippen molar-refractivity contribution in [3.63, 3.8) is 0 Å². The smallest absolute Gasteiger partial charge is 0.289 e. The minimum Gasteiger partial charge on any atom is -0.409 e. The number of benzene rings is 1. The van der Waals surface area contributed by atoms with E-state index in [9.17, 15) is 10.2 Å². The van der Waals surface area contributed by atoms with Gasteiger partial charge in [-0.25, -0.2) is 0 Å². The van der Waals surface area contributed by atoms with Crippen molar-refractivity contribution < 1.29 is 24.5 Å². The van der Waals surface area contributed by atoms with Crippen molar-refractivity contribution in [3.8, 4) is 11.5 Å². The second-order valence-electron chi connectivity index (χ2n) is 5.21. The molecular weight excluding hydrogens is 308 g/mol. The number of aromatic nitrogens is 2. The predicted molar refractivity (Wildman–Crippen MR) is 78.5 cm³/mol. The van der Waals surface area contributed by atoms with Crippen LogP contribution in [0.15, 0.2) is 28.7 Å². The molecule has 0 aliphatic carbocycles. The molecule has 1 saturated heterocycles. The van der Waals surface area contributed by atoms with E-state index in [0.29, 0.717) is 5.89 Å². The lowest BCUT2D eigenvalue weighted by atomic mass is 10.1. The molecule has 1 aromatic heterocycles. The normalized spacial score (nSPS) is 28.2. The van der Waals surface area contributed by atoms with Gasteiger partial charge in [0, 0.05) is 5.56 Å². The van der Waals surface area contributed by atoms with Crippen molar-refractivity contribution in [2.45, 2.75) is 31.5 Å². The van der Waals surface area contributed by atoms with Crippen LogP contribution in [0.1, 0.15) is 11.8 Å². The summed E-state index contributed by atoms with van der Waals surface area (Å²) in [6.45, 7) is 1.56. The van der Waals surface area contributed by atoms with E-state index in [1.807, 2.05) is 31.2 Å². The third-order valence-electron chi connectivity index (χ3n) is 3.63. The van der Waals surface area contributed by atoms with Crippen LogP contribution < -0.4 is 0 Å². The van der Waals surface area contributed by atoms with Gasteiger partial charge in [-0.1, -0.05) is 17.7 Å². The molecule has 0 spiro atoms. The third-order valence-corrected chi connectivity index (χ3v) is 3.90. The van der Waals surface area contributed by atoms with E-state index in [1.165, 1.54) is 4.68 Å². The fourth-order valence-corrected chi connectivity index (χ4v) is 2.57. The average Bonchev–Trinajstić information content (AvgIpc) is 3.02. The summed E-state index contributed by atoms with van der Waals surface area (Å²) in [6, 6.07) is 7.52. The predicted octanol–water partition coefficient (Wildman–Crippen LogP) is 0.793. The Labute approximate surface area is 131 Å². The third kappa shape index (κ3) is 2.59. The van der Waals surface area contributed by atoms with Crippen LogP contribution in [0.25, 0.3) is 11.5 Å². The van der Waals surface area contributed by atoms with E-state index < -0.39 is 31.1 Å². The number of aliphatic hydroxyl groups is 3. The largest absolute Gasteiger partial charge is 0.409 e. The lowest BCUT2D eigenvalue weighted by Gasteiger charge is -2.13. The van der Waals surface area contributed by atoms with Gasteiger partial charge in [-0.15, -0.1) is 5.10 Å². The van der Waals surface area contributed by atoms with Crippen molar-refractivity contribution in [1.82, 2.24) is 9.78 Å². The molecule has 1 aromatic carbocycles. The first-order valence-corrected chi connectivity index (χ1v) is 7.21. The van der Waals surface area contributed by atoms with Crippen molar-refractivity contribution in [2.24, 2.45) is 0 Å². The molecule has 4 atom stereocenters. The van der Waals surface area contributed by atoms with Gasteiger partial charge in [0.15, 0.2) is 6.23 Å². The minimum absolute atomic E-state index is 0.0189. The maximum absolute atomic E-state index is 10.0. The summed E-state index contributed by atoms with van der Waals surface area (Å²) < 4.78 is 12.0. The first-order valence-electron chi connectivity index (χ1n) is 6.80. The summed E-state index contributed by atoms with van der Waals surface area (Å²) in [5.74, 6) is 0.294. The molecule has 2 heterocycles. The van der Waals surface area contributed by atoms with Crippen LogP contribution in [-0.4, -0.2) is 50.0 Å². The van der Waals surface area contributed by atoms with Gasteiger partial charge in [-0.2, -0.15) is 4.68 Å². The highest BCUT2D eigenvalue weighted by molar-refractivity contribution is 7.71. The molecule has 0 bridgehead atoms. The first-order chi connectivity index (χ1) is 10.5. The van der Waals surface area contributed by atoms with Gasteiger partial charge in [0.05, 0.1) is 6.61 Å². The molecule has 0 radical (unpaired) electrons. The van der Waals surface area contributed by atoms with Crippen LogP contribution in [0.2, 0.25) is 0 Å². The molecular formula is C14H16N2O5S. The Morgan fingerprint density at radius 2 is 1.91 bits per heavy atom. The summed E-state index contributed by atoms with van der Waals surface area (Å²) in [5.41, 5.74) is 1.84. The van der Waals surface area contributed by atoms with E-state index in [0.717, 1.165) is 11.1 Å². The van der Waals surface area contributed by atoms with Crippen LogP contribution in [-0.2, 0) is 4.74 Å². The van der Waals surface area contributed by atoms with E-state index >= 15 is 0 Å². The number of hydrogen-bond acceptors (Lipinski definition) is 7. The molecule has 3 rings (SSSR count). The van der Waals surface area contributed by atoms with Crippen molar-refractivity contribution in [2.75, 3.05) is 6.61 Å². The van der Waals surface area contributed by atoms with Gasteiger partial charge >= 0.3 is 0 Å². The Morgan fingerprint density at radius 3 is 2.50 bits per heavy atom. The molecule has 0 saturated carbocycles. The van der Waals surface area contributed by atoms with Crippen molar-refractivity contribution in [3.05, 3.63) is 34.7 Å². The summed E-state index contributed by atoms with van der Waals surface area (Å²) in [5, 5.41) is 33.1. The zero-order valence-corrected chi connectivity index (χ0v) is 12.6. The summed E-state index contributed by atoms with van der Waals surface area (Å²) in [6.07, 6.45) is -4.35. The number of ether oxygens (including phenoxy) is 1. The van der Waals surface area contributed by atoms with Crippen molar-refractivity contribution in [1.29, 1.82) is 0 Å². The van der Waals surface area contributed by atoms with Gasteiger partial charge in [0.2, 0.25) is 5.89 Å². The van der Waals surface area contributed by atoms with Crippen LogP contribution in [0, 0.1) is 11.8 Å². The molecule has 0 amide bonds. The van der Waals surface area contributed by atoms with Gasteiger partial charge < -0.3 is 24.5 Å². The Kier molecular flexibility index (Phi) is 4.11. The standard InChI is InChI=1S/C14H16N2O5S/c1-7-2-4-8(5-3-7)12-15-16(14(22)21-12)13-11(19)10(18)9(6-17)20-13/h2-5,9-11,13,17-19H,6H2,1H3/t9-,10+,11+,13-/m0/s1. The summed E-state index contributed by atoms with van der Waals surface area (Å²) in [4.78, 5) is 0.0189. The van der Waals surface area contributed by atoms with E-state index in [-0.39, 0.29) is 4.84 Å². The maximum atomic E-state index is 10.0. The topological polar surface area (TPSA) is 101 Å². The van der Waals surface area contributed by atoms with Gasteiger partial charge in [-0.05, 0) is 31.3 Å². The summed E-state index contributed by atoms with van der Waals surface area (Å²) in [7, 11) is 0. The van der Waals surface area contributed by atoms with E-state index in [2.05, 4.69) is 5.10 Å². The molecule has 118 valence electrons. The number of aliphatic hydroxyl groups excluding tert-OH is 3. The summed E-state index contributed by atoms with van der Waals surface area (Å²) >= 11 is 5.10. The van der Waals surface area contributed by atoms with Crippen LogP contribution >= 0.6 is 12.2 Å². The average molecular weight is 324 g/mol. The fraction of sp³-hybridized carbons (Fsp3) is 0.429. The lowest BCUT2D eigenvalue weighted by molar-refractivity contribution is -0.0602. The number of rotatable bonds is 3. The molecule has 2 aromatic rings. The van der Waals surface area contributed by atoms with Crippen LogP contribution in [0.3, 0.4) is 0 Å². The van der Waals surface area contributed by atoms with Gasteiger partial charge in [-0.3, -0.25) is 0 Å². The van der Waals surface area contributed by atoms with Crippen LogP contribution in [0.5, 0.6) is 0 Å². The molecule has 3 N–H and O–H groups in total. The Hall–Kier alpha value is -1.58. The second-order valence-corrected chi connectivity index (χ2v) is 5.56. The molecule has 1 aliphatic heterocycles. The molecule has 22 heavy (non-hydrogen) atoms. The minimum atomic E-state index is -1.25. The highest BCUT2D eigenvalue weighted by Gasteiger charge is 2.44. The van der Waals surface area contributed by atoms with E-state index in [4.69, 9.17) is 26.5 Å². The lowest BCUT2D eigenvalue weighted by Crippen LogP contribution is -2.33. The molecule has 7 nitrogen and oxygen atoms in total. The Morgan fingerprint density at radius 1 is 1.23 bits per heavy atom. The molecule has 8 heteroatoms. The highest BCUT2D eigenvalue weighted by atomic mass is 32.1. The quantitative estimate of drug-likeness (QED) is 0.718. The fourth-order valence-electron chi connectivity index (χ4n) is 2.34. The zero-order chi connectivity index (χ0) is 15.9. The van der Waals surface area contributed by atoms with Gasteiger partial charge in [0.25, 0.3) is 4.84 Å². The maximum Gasteiger partial charge on any atom is 0.289 e.